The molecule has 0 spiro atoms. The maximum atomic E-state index is 15.1. The minimum atomic E-state index is -0.0980. The van der Waals surface area contributed by atoms with Crippen molar-refractivity contribution >= 4 is 0 Å². The van der Waals surface area contributed by atoms with Crippen LogP contribution in [0.5, 0.6) is 0 Å². The average Bonchev–Trinajstić information content (AvgIpc) is 2.89. The molecule has 1 saturated heterocycles. The van der Waals surface area contributed by atoms with Gasteiger partial charge in [0.2, 0.25) is 0 Å². The summed E-state index contributed by atoms with van der Waals surface area (Å²) in [6.45, 7) is 6.16. The smallest absolute Gasteiger partial charge is 0.157 e. The van der Waals surface area contributed by atoms with Crippen LogP contribution in [0.3, 0.4) is 0 Å². The van der Waals surface area contributed by atoms with Crippen LogP contribution in [-0.2, 0) is 15.9 Å². The van der Waals surface area contributed by atoms with Crippen LogP contribution in [0.25, 0.3) is 11.1 Å². The first-order chi connectivity index (χ1) is 17.2. The number of rotatable bonds is 11. The summed E-state index contributed by atoms with van der Waals surface area (Å²) in [5.41, 5.74) is 4.07. The van der Waals surface area contributed by atoms with Gasteiger partial charge in [0.1, 0.15) is 5.82 Å². The highest BCUT2D eigenvalue weighted by molar-refractivity contribution is 5.65. The maximum Gasteiger partial charge on any atom is 0.157 e. The second kappa shape index (κ2) is 13.6. The number of aryl methyl sites for hydroxylation is 1. The van der Waals surface area contributed by atoms with Crippen LogP contribution in [0.4, 0.5) is 4.39 Å². The van der Waals surface area contributed by atoms with Gasteiger partial charge in [-0.25, -0.2) is 4.39 Å². The zero-order chi connectivity index (χ0) is 24.5. The van der Waals surface area contributed by atoms with E-state index in [0.29, 0.717) is 17.4 Å². The zero-order valence-corrected chi connectivity index (χ0v) is 21.9. The summed E-state index contributed by atoms with van der Waals surface area (Å²) < 4.78 is 27.0. The third kappa shape index (κ3) is 7.64. The highest BCUT2D eigenvalue weighted by Gasteiger charge is 2.23. The lowest BCUT2D eigenvalue weighted by atomic mass is 9.77. The summed E-state index contributed by atoms with van der Waals surface area (Å²) in [5, 5.41) is 0. The molecule has 4 rings (SSSR count). The van der Waals surface area contributed by atoms with E-state index in [0.717, 1.165) is 37.5 Å². The third-order valence-corrected chi connectivity index (χ3v) is 8.19. The van der Waals surface area contributed by atoms with Crippen molar-refractivity contribution in [3.8, 4) is 11.1 Å². The second-order valence-electron chi connectivity index (χ2n) is 10.9. The van der Waals surface area contributed by atoms with E-state index in [4.69, 9.17) is 9.47 Å². The summed E-state index contributed by atoms with van der Waals surface area (Å²) in [5.74, 6) is 1.85. The van der Waals surface area contributed by atoms with Gasteiger partial charge >= 0.3 is 0 Å². The largest absolute Gasteiger partial charge is 0.352 e. The van der Waals surface area contributed by atoms with Crippen molar-refractivity contribution in [3.63, 3.8) is 0 Å². The predicted octanol–water partition coefficient (Wildman–Crippen LogP) is 9.07. The Morgan fingerprint density at radius 3 is 2.17 bits per heavy atom. The first-order valence-corrected chi connectivity index (χ1v) is 14.3. The molecule has 1 saturated carbocycles. The Kier molecular flexibility index (Phi) is 10.2. The Morgan fingerprint density at radius 1 is 0.771 bits per heavy atom. The average molecular weight is 481 g/mol. The number of hydrogen-bond acceptors (Lipinski definition) is 2. The molecule has 2 aromatic rings. The van der Waals surface area contributed by atoms with Crippen LogP contribution in [-0.4, -0.2) is 19.5 Å². The second-order valence-corrected chi connectivity index (χ2v) is 10.9. The van der Waals surface area contributed by atoms with Gasteiger partial charge in [-0.1, -0.05) is 82.3 Å². The van der Waals surface area contributed by atoms with Gasteiger partial charge in [0, 0.05) is 17.9 Å². The fourth-order valence-corrected chi connectivity index (χ4v) is 5.95. The fourth-order valence-electron chi connectivity index (χ4n) is 5.95. The molecule has 1 aliphatic carbocycles. The topological polar surface area (TPSA) is 18.5 Å². The highest BCUT2D eigenvalue weighted by atomic mass is 19.1. The molecule has 192 valence electrons. The van der Waals surface area contributed by atoms with E-state index in [1.54, 1.807) is 6.07 Å². The molecule has 0 N–H and O–H groups in total. The van der Waals surface area contributed by atoms with Gasteiger partial charge in [-0.2, -0.15) is 0 Å². The molecule has 0 bridgehead atoms. The monoisotopic (exact) mass is 480 g/mol. The van der Waals surface area contributed by atoms with Gasteiger partial charge in [0.05, 0.1) is 13.2 Å². The van der Waals surface area contributed by atoms with Crippen LogP contribution >= 0.6 is 0 Å². The number of unbranched alkanes of at least 4 members (excludes halogenated alkanes) is 2. The molecular formula is C32H45FO2. The van der Waals surface area contributed by atoms with E-state index in [9.17, 15) is 0 Å². The van der Waals surface area contributed by atoms with E-state index in [1.807, 2.05) is 6.07 Å². The molecule has 0 atom stereocenters. The molecule has 0 radical (unpaired) electrons. The van der Waals surface area contributed by atoms with Crippen LogP contribution < -0.4 is 0 Å². The number of ether oxygens (including phenoxy) is 2. The minimum Gasteiger partial charge on any atom is -0.352 e. The molecule has 2 nitrogen and oxygen atoms in total. The molecule has 2 fully saturated rings. The summed E-state index contributed by atoms with van der Waals surface area (Å²) >= 11 is 0. The SMILES string of the molecule is CCCCCC1COC(CCc2ccc(-c3ccc(C4CCC(CCC)CC4)cc3F)cc2)OC1. The van der Waals surface area contributed by atoms with E-state index in [-0.39, 0.29) is 12.1 Å². The lowest BCUT2D eigenvalue weighted by Crippen LogP contribution is -2.32. The molecule has 0 amide bonds. The summed E-state index contributed by atoms with van der Waals surface area (Å²) in [7, 11) is 0. The van der Waals surface area contributed by atoms with Gasteiger partial charge in [-0.05, 0) is 73.1 Å². The standard InChI is InChI=1S/C32H45FO2/c1-3-5-6-8-26-22-34-32(35-23-26)20-13-25-11-16-28(17-12-25)30-19-18-29(21-31(30)33)27-14-9-24(7-4-2)10-15-27/h11-12,16-19,21,24,26-27,32H,3-10,13-15,20,22-23H2,1-2H3. The summed E-state index contributed by atoms with van der Waals surface area (Å²) in [4.78, 5) is 0. The van der Waals surface area contributed by atoms with Crippen LogP contribution in [0.2, 0.25) is 0 Å². The van der Waals surface area contributed by atoms with Crippen molar-refractivity contribution in [2.75, 3.05) is 13.2 Å². The van der Waals surface area contributed by atoms with Crippen LogP contribution in [0.15, 0.2) is 42.5 Å². The van der Waals surface area contributed by atoms with Crippen molar-refractivity contribution < 1.29 is 13.9 Å². The Hall–Kier alpha value is -1.71. The van der Waals surface area contributed by atoms with Gasteiger partial charge < -0.3 is 9.47 Å². The lowest BCUT2D eigenvalue weighted by Gasteiger charge is -2.29. The van der Waals surface area contributed by atoms with E-state index in [1.165, 1.54) is 75.3 Å². The van der Waals surface area contributed by atoms with Gasteiger partial charge in [0.15, 0.2) is 6.29 Å². The fraction of sp³-hybridized carbons (Fsp3) is 0.625. The molecule has 1 heterocycles. The van der Waals surface area contributed by atoms with Gasteiger partial charge in [-0.15, -0.1) is 0 Å². The van der Waals surface area contributed by atoms with Crippen molar-refractivity contribution in [2.45, 2.75) is 103 Å². The first kappa shape index (κ1) is 26.4. The van der Waals surface area contributed by atoms with Gasteiger partial charge in [-0.3, -0.25) is 0 Å². The van der Waals surface area contributed by atoms with E-state index in [2.05, 4.69) is 44.2 Å². The predicted molar refractivity (Wildman–Crippen MR) is 143 cm³/mol. The van der Waals surface area contributed by atoms with E-state index < -0.39 is 0 Å². The van der Waals surface area contributed by atoms with Gasteiger partial charge in [0.25, 0.3) is 0 Å². The molecule has 35 heavy (non-hydrogen) atoms. The van der Waals surface area contributed by atoms with E-state index >= 15 is 4.39 Å². The summed E-state index contributed by atoms with van der Waals surface area (Å²) in [6.07, 6.45) is 14.3. The Bertz CT molecular complexity index is 877. The van der Waals surface area contributed by atoms with Crippen LogP contribution in [0.1, 0.15) is 102 Å². The number of hydrogen-bond donors (Lipinski definition) is 0. The lowest BCUT2D eigenvalue weighted by molar-refractivity contribution is -0.203. The molecule has 2 aromatic carbocycles. The number of benzene rings is 2. The van der Waals surface area contributed by atoms with Crippen molar-refractivity contribution in [1.29, 1.82) is 0 Å². The van der Waals surface area contributed by atoms with Crippen LogP contribution in [0, 0.1) is 17.7 Å². The molecule has 3 heteroatoms. The molecule has 0 aromatic heterocycles. The first-order valence-electron chi connectivity index (χ1n) is 14.3. The molecule has 1 aliphatic heterocycles. The minimum absolute atomic E-state index is 0.0940. The quantitative estimate of drug-likeness (QED) is 0.299. The Labute approximate surface area is 212 Å². The normalized spacial score (nSPS) is 25.0. The summed E-state index contributed by atoms with van der Waals surface area (Å²) in [6, 6.07) is 14.3. The van der Waals surface area contributed by atoms with Crippen molar-refractivity contribution in [2.24, 2.45) is 11.8 Å². The zero-order valence-electron chi connectivity index (χ0n) is 21.9. The Balaban J connectivity index is 1.25. The highest BCUT2D eigenvalue weighted by Crippen LogP contribution is 2.38. The van der Waals surface area contributed by atoms with Crippen molar-refractivity contribution in [3.05, 3.63) is 59.4 Å². The number of halogens is 1. The molecule has 0 unspecified atom stereocenters. The molecular weight excluding hydrogens is 435 g/mol. The third-order valence-electron chi connectivity index (χ3n) is 8.19. The molecule has 2 aliphatic rings. The van der Waals surface area contributed by atoms with Crippen molar-refractivity contribution in [1.82, 2.24) is 0 Å². The maximum absolute atomic E-state index is 15.1. The Morgan fingerprint density at radius 2 is 1.51 bits per heavy atom.